The van der Waals surface area contributed by atoms with E-state index < -0.39 is 0 Å². The number of pyridine rings is 2. The first kappa shape index (κ1) is 21.5. The number of imidazole rings is 1. The molecular weight excluding hydrogens is 488 g/mol. The zero-order valence-electron chi connectivity index (χ0n) is 21.5. The molecule has 0 aliphatic heterocycles. The van der Waals surface area contributed by atoms with Crippen LogP contribution in [-0.4, -0.2) is 18.9 Å². The summed E-state index contributed by atoms with van der Waals surface area (Å²) in [6, 6.07) is 43.3. The summed E-state index contributed by atoms with van der Waals surface area (Å²) in [5.41, 5.74) is 9.98. The second-order valence-electron chi connectivity index (χ2n) is 10.3. The Labute approximate surface area is 229 Å². The Morgan fingerprint density at radius 2 is 1.20 bits per heavy atom. The highest BCUT2D eigenvalue weighted by Crippen LogP contribution is 2.38. The molecular formula is C36H22N4. The first-order valence-corrected chi connectivity index (χ1v) is 13.5. The summed E-state index contributed by atoms with van der Waals surface area (Å²) in [6.07, 6.45) is 3.73. The molecule has 40 heavy (non-hydrogen) atoms. The first-order chi connectivity index (χ1) is 19.8. The number of aromatic nitrogens is 4. The van der Waals surface area contributed by atoms with Gasteiger partial charge in [-0.15, -0.1) is 0 Å². The second-order valence-corrected chi connectivity index (χ2v) is 10.3. The van der Waals surface area contributed by atoms with E-state index in [1.807, 2.05) is 18.5 Å². The third kappa shape index (κ3) is 2.90. The van der Waals surface area contributed by atoms with Gasteiger partial charge in [0.1, 0.15) is 5.65 Å². The van der Waals surface area contributed by atoms with E-state index >= 15 is 0 Å². The minimum absolute atomic E-state index is 0.992. The lowest BCUT2D eigenvalue weighted by atomic mass is 10.1. The standard InChI is InChI=1S/C36H22N4/c1-2-15-29-26(12-1)27-13-3-6-17-33(27)40-35-21-34-30(20-31(35)38-36(29)40)28-14-4-5-16-32(28)39(34)25-11-7-9-23(19-25)24-10-8-18-37-22-24/h1-22H. The quantitative estimate of drug-likeness (QED) is 0.218. The minimum atomic E-state index is 0.992. The highest BCUT2D eigenvalue weighted by atomic mass is 15.0. The molecule has 0 aliphatic rings. The van der Waals surface area contributed by atoms with Gasteiger partial charge in [-0.05, 0) is 53.4 Å². The second kappa shape index (κ2) is 8.01. The van der Waals surface area contributed by atoms with Gasteiger partial charge in [-0.1, -0.05) is 78.9 Å². The monoisotopic (exact) mass is 510 g/mol. The molecule has 186 valence electrons. The molecule has 0 saturated heterocycles. The summed E-state index contributed by atoms with van der Waals surface area (Å²) in [6.45, 7) is 0. The van der Waals surface area contributed by atoms with Gasteiger partial charge in [-0.25, -0.2) is 4.98 Å². The van der Waals surface area contributed by atoms with E-state index in [9.17, 15) is 0 Å². The van der Waals surface area contributed by atoms with Crippen molar-refractivity contribution in [3.8, 4) is 16.8 Å². The smallest absolute Gasteiger partial charge is 0.146 e. The summed E-state index contributed by atoms with van der Waals surface area (Å²) in [5, 5.41) is 6.05. The SMILES string of the molecule is c1cncc(-c2cccc(-n3c4ccccc4c4cc5nc6c7ccccc7c7ccccc7n6c5cc43)c2)c1. The maximum atomic E-state index is 5.23. The molecule has 0 unspecified atom stereocenters. The lowest BCUT2D eigenvalue weighted by Crippen LogP contribution is -1.95. The zero-order valence-corrected chi connectivity index (χ0v) is 21.5. The van der Waals surface area contributed by atoms with Crippen LogP contribution < -0.4 is 0 Å². The highest BCUT2D eigenvalue weighted by molar-refractivity contribution is 6.17. The van der Waals surface area contributed by atoms with Gasteiger partial charge in [0.25, 0.3) is 0 Å². The van der Waals surface area contributed by atoms with Gasteiger partial charge in [0.2, 0.25) is 0 Å². The van der Waals surface area contributed by atoms with Crippen LogP contribution in [-0.2, 0) is 0 Å². The lowest BCUT2D eigenvalue weighted by molar-refractivity contribution is 1.18. The van der Waals surface area contributed by atoms with Gasteiger partial charge < -0.3 is 4.57 Å². The summed E-state index contributed by atoms with van der Waals surface area (Å²) >= 11 is 0. The van der Waals surface area contributed by atoms with Gasteiger partial charge in [0.15, 0.2) is 0 Å². The van der Waals surface area contributed by atoms with Crippen LogP contribution in [0.2, 0.25) is 0 Å². The molecule has 9 rings (SSSR count). The van der Waals surface area contributed by atoms with E-state index in [0.717, 1.165) is 39.0 Å². The largest absolute Gasteiger partial charge is 0.309 e. The predicted octanol–water partition coefficient (Wildman–Crippen LogP) is 8.95. The summed E-state index contributed by atoms with van der Waals surface area (Å²) in [4.78, 5) is 9.57. The van der Waals surface area contributed by atoms with Crippen LogP contribution in [0.25, 0.3) is 77.0 Å². The van der Waals surface area contributed by atoms with Crippen LogP contribution in [0.15, 0.2) is 134 Å². The minimum Gasteiger partial charge on any atom is -0.309 e. The van der Waals surface area contributed by atoms with Gasteiger partial charge in [0.05, 0.1) is 27.6 Å². The molecule has 9 aromatic rings. The molecule has 4 aromatic heterocycles. The fourth-order valence-corrected chi connectivity index (χ4v) is 6.41. The number of hydrogen-bond donors (Lipinski definition) is 0. The molecule has 4 nitrogen and oxygen atoms in total. The Morgan fingerprint density at radius 3 is 2.02 bits per heavy atom. The Bertz CT molecular complexity index is 2430. The molecule has 0 N–H and O–H groups in total. The molecule has 0 fully saturated rings. The maximum Gasteiger partial charge on any atom is 0.146 e. The Hall–Kier alpha value is -5.48. The Balaban J connectivity index is 1.43. The number of fused-ring (bicyclic) bond motifs is 11. The van der Waals surface area contributed by atoms with Crippen molar-refractivity contribution in [3.63, 3.8) is 0 Å². The van der Waals surface area contributed by atoms with Crippen LogP contribution in [0, 0.1) is 0 Å². The van der Waals surface area contributed by atoms with Gasteiger partial charge >= 0.3 is 0 Å². The third-order valence-electron chi connectivity index (χ3n) is 8.15. The molecule has 5 aromatic carbocycles. The Morgan fingerprint density at radius 1 is 0.475 bits per heavy atom. The van der Waals surface area contributed by atoms with Crippen molar-refractivity contribution < 1.29 is 0 Å². The molecule has 4 heterocycles. The van der Waals surface area contributed by atoms with Gasteiger partial charge in [-0.2, -0.15) is 0 Å². The fraction of sp³-hybridized carbons (Fsp3) is 0. The van der Waals surface area contributed by atoms with Gasteiger partial charge in [0, 0.05) is 45.2 Å². The zero-order chi connectivity index (χ0) is 26.2. The average molecular weight is 511 g/mol. The molecule has 0 amide bonds. The van der Waals surface area contributed by atoms with Crippen LogP contribution in [0.5, 0.6) is 0 Å². The molecule has 0 aliphatic carbocycles. The summed E-state index contributed by atoms with van der Waals surface area (Å²) < 4.78 is 4.72. The normalized spacial score (nSPS) is 12.0. The average Bonchev–Trinajstić information content (AvgIpc) is 3.56. The predicted molar refractivity (Wildman–Crippen MR) is 165 cm³/mol. The van der Waals surface area contributed by atoms with E-state index in [1.54, 1.807) is 0 Å². The topological polar surface area (TPSA) is 35.1 Å². The Kier molecular flexibility index (Phi) is 4.30. The van der Waals surface area contributed by atoms with Crippen molar-refractivity contribution in [1.29, 1.82) is 0 Å². The third-order valence-corrected chi connectivity index (χ3v) is 8.15. The van der Waals surface area contributed by atoms with Crippen molar-refractivity contribution in [2.24, 2.45) is 0 Å². The van der Waals surface area contributed by atoms with Gasteiger partial charge in [-0.3, -0.25) is 9.38 Å². The van der Waals surface area contributed by atoms with Crippen LogP contribution in [0.3, 0.4) is 0 Å². The van der Waals surface area contributed by atoms with Crippen molar-refractivity contribution in [3.05, 3.63) is 134 Å². The number of nitrogens with zero attached hydrogens (tertiary/aromatic N) is 4. The maximum absolute atomic E-state index is 5.23. The molecule has 0 saturated carbocycles. The fourth-order valence-electron chi connectivity index (χ4n) is 6.41. The molecule has 0 spiro atoms. The van der Waals surface area contributed by atoms with Crippen LogP contribution in [0.4, 0.5) is 0 Å². The summed E-state index contributed by atoms with van der Waals surface area (Å²) in [7, 11) is 0. The van der Waals surface area contributed by atoms with E-state index in [0.29, 0.717) is 0 Å². The van der Waals surface area contributed by atoms with E-state index in [-0.39, 0.29) is 0 Å². The molecule has 0 radical (unpaired) electrons. The highest BCUT2D eigenvalue weighted by Gasteiger charge is 2.18. The van der Waals surface area contributed by atoms with Crippen molar-refractivity contribution >= 4 is 60.2 Å². The van der Waals surface area contributed by atoms with E-state index in [2.05, 4.69) is 129 Å². The molecule has 0 atom stereocenters. The van der Waals surface area contributed by atoms with Crippen molar-refractivity contribution in [2.45, 2.75) is 0 Å². The van der Waals surface area contributed by atoms with Crippen molar-refractivity contribution in [1.82, 2.24) is 18.9 Å². The number of para-hydroxylation sites is 2. The number of rotatable bonds is 2. The first-order valence-electron chi connectivity index (χ1n) is 13.5. The van der Waals surface area contributed by atoms with Crippen LogP contribution in [0.1, 0.15) is 0 Å². The van der Waals surface area contributed by atoms with Crippen LogP contribution >= 0.6 is 0 Å². The number of benzene rings is 5. The van der Waals surface area contributed by atoms with Crippen molar-refractivity contribution in [2.75, 3.05) is 0 Å². The van der Waals surface area contributed by atoms with E-state index in [1.165, 1.54) is 38.0 Å². The number of hydrogen-bond acceptors (Lipinski definition) is 2. The molecule has 4 heteroatoms. The lowest BCUT2D eigenvalue weighted by Gasteiger charge is -2.11. The van der Waals surface area contributed by atoms with E-state index in [4.69, 9.17) is 4.98 Å². The summed E-state index contributed by atoms with van der Waals surface area (Å²) in [5.74, 6) is 0. The molecule has 0 bridgehead atoms.